The Kier molecular flexibility index (Phi) is 7.06. The molecule has 0 saturated carbocycles. The van der Waals surface area contributed by atoms with Gasteiger partial charge in [-0.15, -0.1) is 0 Å². The summed E-state index contributed by atoms with van der Waals surface area (Å²) in [7, 11) is 0. The van der Waals surface area contributed by atoms with Gasteiger partial charge in [-0.05, 0) is 41.8 Å². The van der Waals surface area contributed by atoms with Gasteiger partial charge in [0.15, 0.2) is 11.5 Å². The Hall–Kier alpha value is -4.66. The molecule has 1 aliphatic rings. The summed E-state index contributed by atoms with van der Waals surface area (Å²) in [5.74, 6) is 0.487. The molecular formula is C26H23N3O6. The second kappa shape index (κ2) is 10.5. The zero-order chi connectivity index (χ0) is 24.8. The van der Waals surface area contributed by atoms with Crippen LogP contribution in [0.25, 0.3) is 6.08 Å². The van der Waals surface area contributed by atoms with Crippen LogP contribution in [0.2, 0.25) is 0 Å². The van der Waals surface area contributed by atoms with E-state index in [-0.39, 0.29) is 24.5 Å². The quantitative estimate of drug-likeness (QED) is 0.209. The van der Waals surface area contributed by atoms with Gasteiger partial charge in [0.05, 0.1) is 18.1 Å². The lowest BCUT2D eigenvalue weighted by Crippen LogP contribution is -2.30. The number of hydrogen-bond acceptors (Lipinski definition) is 6. The molecule has 0 atom stereocenters. The van der Waals surface area contributed by atoms with Crippen LogP contribution < -0.4 is 14.8 Å². The molecule has 3 amide bonds. The second-order valence-electron chi connectivity index (χ2n) is 7.72. The molecule has 0 unspecified atom stereocenters. The second-order valence-corrected chi connectivity index (χ2v) is 7.72. The van der Waals surface area contributed by atoms with Crippen molar-refractivity contribution in [1.29, 1.82) is 0 Å². The van der Waals surface area contributed by atoms with Crippen LogP contribution in [-0.2, 0) is 17.9 Å². The Morgan fingerprint density at radius 2 is 1.71 bits per heavy atom. The molecule has 3 aromatic rings. The molecule has 1 aliphatic heterocycles. The Labute approximate surface area is 201 Å². The number of nitrogens with one attached hydrogen (secondary N) is 1. The number of rotatable bonds is 9. The van der Waals surface area contributed by atoms with E-state index in [4.69, 9.17) is 9.47 Å². The van der Waals surface area contributed by atoms with Crippen molar-refractivity contribution in [3.63, 3.8) is 0 Å². The van der Waals surface area contributed by atoms with Gasteiger partial charge in [0.2, 0.25) is 0 Å². The molecule has 4 rings (SSSR count). The average Bonchev–Trinajstić information content (AvgIpc) is 3.12. The van der Waals surface area contributed by atoms with Crippen molar-refractivity contribution in [2.75, 3.05) is 6.61 Å². The predicted octanol–water partition coefficient (Wildman–Crippen LogP) is 4.67. The van der Waals surface area contributed by atoms with E-state index in [0.29, 0.717) is 29.2 Å². The third-order valence-electron chi connectivity index (χ3n) is 5.24. The summed E-state index contributed by atoms with van der Waals surface area (Å²) >= 11 is 0. The fraction of sp³-hybridized carbons (Fsp3) is 0.154. The first-order chi connectivity index (χ1) is 16.9. The van der Waals surface area contributed by atoms with E-state index < -0.39 is 16.9 Å². The van der Waals surface area contributed by atoms with Gasteiger partial charge in [-0.2, -0.15) is 0 Å². The number of carbonyl (C=O) groups is 2. The number of ether oxygens (including phenoxy) is 2. The molecule has 1 fully saturated rings. The van der Waals surface area contributed by atoms with Crippen LogP contribution in [0.1, 0.15) is 23.6 Å². The summed E-state index contributed by atoms with van der Waals surface area (Å²) in [5.41, 5.74) is 2.29. The lowest BCUT2D eigenvalue weighted by Gasteiger charge is -2.13. The number of urea groups is 1. The number of amides is 3. The maximum atomic E-state index is 12.8. The topological polar surface area (TPSA) is 111 Å². The summed E-state index contributed by atoms with van der Waals surface area (Å²) in [6.45, 7) is 2.51. The number of nitro groups is 1. The van der Waals surface area contributed by atoms with Crippen molar-refractivity contribution < 1.29 is 24.0 Å². The fourth-order valence-corrected chi connectivity index (χ4v) is 3.57. The third kappa shape index (κ3) is 5.64. The fourth-order valence-electron chi connectivity index (χ4n) is 3.57. The maximum Gasteiger partial charge on any atom is 0.329 e. The lowest BCUT2D eigenvalue weighted by atomic mass is 10.1. The molecule has 3 aromatic carbocycles. The van der Waals surface area contributed by atoms with Gasteiger partial charge in [0, 0.05) is 12.1 Å². The van der Waals surface area contributed by atoms with Crippen LogP contribution in [0.4, 0.5) is 10.5 Å². The highest BCUT2D eigenvalue weighted by Crippen LogP contribution is 2.31. The van der Waals surface area contributed by atoms with E-state index in [1.165, 1.54) is 12.1 Å². The summed E-state index contributed by atoms with van der Waals surface area (Å²) in [6, 6.07) is 20.1. The zero-order valence-electron chi connectivity index (χ0n) is 19.0. The molecule has 0 aromatic heterocycles. The molecule has 0 radical (unpaired) electrons. The number of non-ortho nitro benzene ring substituents is 1. The molecule has 0 spiro atoms. The van der Waals surface area contributed by atoms with Gasteiger partial charge >= 0.3 is 6.03 Å². The van der Waals surface area contributed by atoms with Crippen molar-refractivity contribution in [3.05, 3.63) is 105 Å². The lowest BCUT2D eigenvalue weighted by molar-refractivity contribution is -0.384. The molecular weight excluding hydrogens is 450 g/mol. The molecule has 1 saturated heterocycles. The van der Waals surface area contributed by atoms with Gasteiger partial charge in [0.25, 0.3) is 11.6 Å². The minimum Gasteiger partial charge on any atom is -0.490 e. The Morgan fingerprint density at radius 1 is 0.943 bits per heavy atom. The van der Waals surface area contributed by atoms with Gasteiger partial charge in [-0.25, -0.2) is 4.79 Å². The molecule has 1 N–H and O–H groups in total. The highest BCUT2D eigenvalue weighted by Gasteiger charge is 2.33. The number of carbonyl (C=O) groups excluding carboxylic acids is 2. The monoisotopic (exact) mass is 473 g/mol. The Bertz CT molecular complexity index is 1290. The van der Waals surface area contributed by atoms with Crippen molar-refractivity contribution in [3.8, 4) is 11.5 Å². The van der Waals surface area contributed by atoms with E-state index in [2.05, 4.69) is 5.32 Å². The summed E-state index contributed by atoms with van der Waals surface area (Å²) in [4.78, 5) is 36.9. The third-order valence-corrected chi connectivity index (χ3v) is 5.24. The summed E-state index contributed by atoms with van der Waals surface area (Å²) < 4.78 is 11.5. The summed E-state index contributed by atoms with van der Waals surface area (Å²) in [6.07, 6.45) is 1.58. The average molecular weight is 473 g/mol. The molecule has 35 heavy (non-hydrogen) atoms. The maximum absolute atomic E-state index is 12.8. The van der Waals surface area contributed by atoms with Crippen molar-refractivity contribution in [2.45, 2.75) is 20.1 Å². The van der Waals surface area contributed by atoms with E-state index in [1.807, 2.05) is 37.3 Å². The van der Waals surface area contributed by atoms with Crippen molar-refractivity contribution >= 4 is 23.7 Å². The van der Waals surface area contributed by atoms with E-state index in [1.54, 1.807) is 36.4 Å². The van der Waals surface area contributed by atoms with Crippen LogP contribution in [0, 0.1) is 10.1 Å². The van der Waals surface area contributed by atoms with Crippen LogP contribution in [0.3, 0.4) is 0 Å². The van der Waals surface area contributed by atoms with Gasteiger partial charge in [0.1, 0.15) is 12.3 Å². The molecule has 0 bridgehead atoms. The van der Waals surface area contributed by atoms with Crippen molar-refractivity contribution in [1.82, 2.24) is 10.2 Å². The molecule has 9 heteroatoms. The van der Waals surface area contributed by atoms with Gasteiger partial charge < -0.3 is 14.8 Å². The molecule has 9 nitrogen and oxygen atoms in total. The number of benzene rings is 3. The van der Waals surface area contributed by atoms with E-state index in [9.17, 15) is 19.7 Å². The molecule has 1 heterocycles. The smallest absolute Gasteiger partial charge is 0.329 e. The standard InChI is InChI=1S/C26H23N3O6/c1-2-34-24-15-19(11-12-23(24)35-17-20-9-6-10-21(13-20)29(32)33)14-22-25(30)28(26(31)27-22)16-18-7-4-3-5-8-18/h3-15H,2,16-17H2,1H3,(H,27,31)/b22-14+. The first-order valence-corrected chi connectivity index (χ1v) is 11.0. The predicted molar refractivity (Wildman–Crippen MR) is 129 cm³/mol. The minimum atomic E-state index is -0.480. The normalized spacial score (nSPS) is 14.2. The number of hydrogen-bond donors (Lipinski definition) is 1. The molecule has 178 valence electrons. The van der Waals surface area contributed by atoms with E-state index in [0.717, 1.165) is 10.5 Å². The highest BCUT2D eigenvalue weighted by molar-refractivity contribution is 6.13. The van der Waals surface area contributed by atoms with Crippen molar-refractivity contribution in [2.24, 2.45) is 0 Å². The highest BCUT2D eigenvalue weighted by atomic mass is 16.6. The van der Waals surface area contributed by atoms with Gasteiger partial charge in [-0.3, -0.25) is 19.8 Å². The SMILES string of the molecule is CCOc1cc(/C=C2/NC(=O)N(Cc3ccccc3)C2=O)ccc1OCc1cccc([N+](=O)[O-])c1. The van der Waals surface area contributed by atoms with Crippen LogP contribution in [-0.4, -0.2) is 28.4 Å². The first-order valence-electron chi connectivity index (χ1n) is 11.0. The largest absolute Gasteiger partial charge is 0.490 e. The number of nitrogens with zero attached hydrogens (tertiary/aromatic N) is 2. The van der Waals surface area contributed by atoms with Crippen LogP contribution >= 0.6 is 0 Å². The zero-order valence-corrected chi connectivity index (χ0v) is 19.0. The van der Waals surface area contributed by atoms with Crippen LogP contribution in [0.15, 0.2) is 78.5 Å². The van der Waals surface area contributed by atoms with Gasteiger partial charge in [-0.1, -0.05) is 48.5 Å². The Morgan fingerprint density at radius 3 is 2.46 bits per heavy atom. The summed E-state index contributed by atoms with van der Waals surface area (Å²) in [5, 5.41) is 13.6. The number of imide groups is 1. The minimum absolute atomic E-state index is 0.0114. The van der Waals surface area contributed by atoms with E-state index >= 15 is 0 Å². The Balaban J connectivity index is 1.50. The van der Waals surface area contributed by atoms with Crippen LogP contribution in [0.5, 0.6) is 11.5 Å². The molecule has 0 aliphatic carbocycles. The first kappa shape index (κ1) is 23.5. The number of nitro benzene ring substituents is 1.